The molecular formula is C16H32N2. The Morgan fingerprint density at radius 1 is 1.22 bits per heavy atom. The van der Waals surface area contributed by atoms with Gasteiger partial charge in [-0.25, -0.2) is 0 Å². The number of likely N-dealkylation sites (tertiary alicyclic amines) is 1. The summed E-state index contributed by atoms with van der Waals surface area (Å²) >= 11 is 0. The fourth-order valence-electron chi connectivity index (χ4n) is 3.70. The average Bonchev–Trinajstić information content (AvgIpc) is 2.25. The molecule has 0 aromatic rings. The van der Waals surface area contributed by atoms with E-state index < -0.39 is 0 Å². The van der Waals surface area contributed by atoms with E-state index in [1.54, 1.807) is 0 Å². The molecule has 2 nitrogen and oxygen atoms in total. The van der Waals surface area contributed by atoms with Crippen molar-refractivity contribution in [1.29, 1.82) is 0 Å². The van der Waals surface area contributed by atoms with E-state index in [9.17, 15) is 0 Å². The zero-order valence-electron chi connectivity index (χ0n) is 13.2. The SMILES string of the molecule is CCC1(CC)CC(N)CC(C)(C)N1CC=C(C)C. The predicted molar refractivity (Wildman–Crippen MR) is 80.7 cm³/mol. The van der Waals surface area contributed by atoms with Crippen molar-refractivity contribution in [2.45, 2.75) is 84.3 Å². The Morgan fingerprint density at radius 2 is 1.78 bits per heavy atom. The van der Waals surface area contributed by atoms with Crippen molar-refractivity contribution in [2.24, 2.45) is 5.73 Å². The molecular weight excluding hydrogens is 220 g/mol. The molecule has 0 aromatic heterocycles. The minimum absolute atomic E-state index is 0.204. The largest absolute Gasteiger partial charge is 0.328 e. The molecule has 0 aliphatic carbocycles. The van der Waals surface area contributed by atoms with Crippen LogP contribution >= 0.6 is 0 Å². The third-order valence-corrected chi connectivity index (χ3v) is 4.71. The highest BCUT2D eigenvalue weighted by Gasteiger charge is 2.46. The number of piperidine rings is 1. The topological polar surface area (TPSA) is 29.3 Å². The number of nitrogens with zero attached hydrogens (tertiary/aromatic N) is 1. The molecule has 18 heavy (non-hydrogen) atoms. The van der Waals surface area contributed by atoms with Gasteiger partial charge in [0.1, 0.15) is 0 Å². The molecule has 1 aliphatic heterocycles. The number of nitrogens with two attached hydrogens (primary N) is 1. The van der Waals surface area contributed by atoms with Gasteiger partial charge in [0.05, 0.1) is 0 Å². The van der Waals surface area contributed by atoms with Gasteiger partial charge in [0, 0.05) is 23.7 Å². The molecule has 1 saturated heterocycles. The fourth-order valence-corrected chi connectivity index (χ4v) is 3.70. The van der Waals surface area contributed by atoms with Gasteiger partial charge in [0.25, 0.3) is 0 Å². The molecule has 1 heterocycles. The van der Waals surface area contributed by atoms with E-state index in [-0.39, 0.29) is 11.1 Å². The summed E-state index contributed by atoms with van der Waals surface area (Å²) in [4.78, 5) is 2.70. The van der Waals surface area contributed by atoms with Crippen molar-refractivity contribution in [3.05, 3.63) is 11.6 Å². The van der Waals surface area contributed by atoms with Crippen LogP contribution < -0.4 is 5.73 Å². The minimum atomic E-state index is 0.204. The quantitative estimate of drug-likeness (QED) is 0.773. The molecule has 1 unspecified atom stereocenters. The second-order valence-corrected chi connectivity index (χ2v) is 6.80. The second kappa shape index (κ2) is 5.75. The maximum absolute atomic E-state index is 6.31. The Balaban J connectivity index is 3.05. The number of hydrogen-bond acceptors (Lipinski definition) is 2. The summed E-state index contributed by atoms with van der Waals surface area (Å²) < 4.78 is 0. The molecule has 106 valence electrons. The highest BCUT2D eigenvalue weighted by Crippen LogP contribution is 2.41. The van der Waals surface area contributed by atoms with Gasteiger partial charge in [-0.2, -0.15) is 0 Å². The Bertz CT molecular complexity index is 296. The van der Waals surface area contributed by atoms with Gasteiger partial charge in [0.2, 0.25) is 0 Å². The first-order valence-electron chi connectivity index (χ1n) is 7.44. The van der Waals surface area contributed by atoms with Crippen LogP contribution in [-0.4, -0.2) is 28.6 Å². The lowest BCUT2D eigenvalue weighted by Crippen LogP contribution is -2.65. The summed E-state index contributed by atoms with van der Waals surface area (Å²) in [6, 6.07) is 0.350. The molecule has 0 radical (unpaired) electrons. The highest BCUT2D eigenvalue weighted by molar-refractivity contribution is 5.08. The number of hydrogen-bond donors (Lipinski definition) is 1. The van der Waals surface area contributed by atoms with Crippen LogP contribution in [0.5, 0.6) is 0 Å². The van der Waals surface area contributed by atoms with E-state index >= 15 is 0 Å². The van der Waals surface area contributed by atoms with E-state index in [4.69, 9.17) is 5.73 Å². The van der Waals surface area contributed by atoms with Gasteiger partial charge < -0.3 is 5.73 Å². The van der Waals surface area contributed by atoms with Crippen LogP contribution in [0.3, 0.4) is 0 Å². The van der Waals surface area contributed by atoms with Crippen molar-refractivity contribution in [1.82, 2.24) is 4.90 Å². The van der Waals surface area contributed by atoms with E-state index in [0.29, 0.717) is 6.04 Å². The van der Waals surface area contributed by atoms with Gasteiger partial charge in [-0.1, -0.05) is 25.5 Å². The van der Waals surface area contributed by atoms with Crippen LogP contribution in [0.15, 0.2) is 11.6 Å². The average molecular weight is 252 g/mol. The monoisotopic (exact) mass is 252 g/mol. The normalized spacial score (nSPS) is 26.9. The molecule has 0 saturated carbocycles. The van der Waals surface area contributed by atoms with Crippen LogP contribution in [0, 0.1) is 0 Å². The summed E-state index contributed by atoms with van der Waals surface area (Å²) in [5, 5.41) is 0. The fraction of sp³-hybridized carbons (Fsp3) is 0.875. The Labute approximate surface area is 114 Å². The third kappa shape index (κ3) is 3.16. The van der Waals surface area contributed by atoms with Crippen molar-refractivity contribution >= 4 is 0 Å². The third-order valence-electron chi connectivity index (χ3n) is 4.71. The summed E-state index contributed by atoms with van der Waals surface area (Å²) in [6.45, 7) is 14.8. The highest BCUT2D eigenvalue weighted by atomic mass is 15.3. The number of allylic oxidation sites excluding steroid dienone is 1. The lowest BCUT2D eigenvalue weighted by Gasteiger charge is -2.57. The maximum Gasteiger partial charge on any atom is 0.0227 e. The summed E-state index contributed by atoms with van der Waals surface area (Å²) in [7, 11) is 0. The molecule has 0 spiro atoms. The van der Waals surface area contributed by atoms with Gasteiger partial charge >= 0.3 is 0 Å². The first-order valence-corrected chi connectivity index (χ1v) is 7.44. The maximum atomic E-state index is 6.31. The van der Waals surface area contributed by atoms with Gasteiger partial charge in [-0.05, 0) is 53.4 Å². The molecule has 1 aliphatic rings. The standard InChI is InChI=1S/C16H32N2/c1-7-16(8-2)12-14(17)11-15(5,6)18(16)10-9-13(3)4/h9,14H,7-8,10-12,17H2,1-6H3. The molecule has 0 aromatic carbocycles. The first-order chi connectivity index (χ1) is 8.27. The van der Waals surface area contributed by atoms with Crippen LogP contribution in [0.1, 0.15) is 67.2 Å². The smallest absolute Gasteiger partial charge is 0.0227 e. The Morgan fingerprint density at radius 3 is 2.22 bits per heavy atom. The molecule has 1 fully saturated rings. The van der Waals surface area contributed by atoms with Crippen LogP contribution in [0.4, 0.5) is 0 Å². The number of rotatable bonds is 4. The lowest BCUT2D eigenvalue weighted by molar-refractivity contribution is -0.0505. The van der Waals surface area contributed by atoms with Crippen LogP contribution in [0.25, 0.3) is 0 Å². The van der Waals surface area contributed by atoms with Crippen LogP contribution in [-0.2, 0) is 0 Å². The van der Waals surface area contributed by atoms with Gasteiger partial charge in [-0.3, -0.25) is 4.90 Å². The van der Waals surface area contributed by atoms with Crippen molar-refractivity contribution in [3.63, 3.8) is 0 Å². The molecule has 0 amide bonds. The van der Waals surface area contributed by atoms with Crippen molar-refractivity contribution in [2.75, 3.05) is 6.54 Å². The summed E-state index contributed by atoms with van der Waals surface area (Å²) in [5.41, 5.74) is 8.21. The van der Waals surface area contributed by atoms with Crippen molar-refractivity contribution < 1.29 is 0 Å². The lowest BCUT2D eigenvalue weighted by atomic mass is 9.72. The zero-order chi connectivity index (χ0) is 14.0. The van der Waals surface area contributed by atoms with Crippen LogP contribution in [0.2, 0.25) is 0 Å². The Kier molecular flexibility index (Phi) is 5.02. The van der Waals surface area contributed by atoms with Gasteiger partial charge in [0.15, 0.2) is 0 Å². The molecule has 2 heteroatoms. The molecule has 2 N–H and O–H groups in total. The first kappa shape index (κ1) is 15.7. The van der Waals surface area contributed by atoms with E-state index in [1.807, 2.05) is 0 Å². The summed E-state index contributed by atoms with van der Waals surface area (Å²) in [6.07, 6.45) is 6.98. The van der Waals surface area contributed by atoms with E-state index in [2.05, 4.69) is 52.5 Å². The molecule has 1 rings (SSSR count). The predicted octanol–water partition coefficient (Wildman–Crippen LogP) is 3.71. The van der Waals surface area contributed by atoms with E-state index in [1.165, 1.54) is 18.4 Å². The molecule has 1 atom stereocenters. The second-order valence-electron chi connectivity index (χ2n) is 6.80. The zero-order valence-corrected chi connectivity index (χ0v) is 13.2. The molecule has 0 bridgehead atoms. The Hall–Kier alpha value is -0.340. The van der Waals surface area contributed by atoms with Crippen molar-refractivity contribution in [3.8, 4) is 0 Å². The van der Waals surface area contributed by atoms with Gasteiger partial charge in [-0.15, -0.1) is 0 Å². The van der Waals surface area contributed by atoms with E-state index in [0.717, 1.165) is 19.4 Å². The minimum Gasteiger partial charge on any atom is -0.328 e. The summed E-state index contributed by atoms with van der Waals surface area (Å²) in [5.74, 6) is 0.